The molecular formula is C21H20N2O4. The zero-order valence-corrected chi connectivity index (χ0v) is 15.0. The van der Waals surface area contributed by atoms with Crippen molar-refractivity contribution in [3.05, 3.63) is 77.0 Å². The molecule has 2 rings (SSSR count). The van der Waals surface area contributed by atoms with Gasteiger partial charge in [0, 0.05) is 12.1 Å². The number of rotatable bonds is 8. The summed E-state index contributed by atoms with van der Waals surface area (Å²) >= 11 is 0. The highest BCUT2D eigenvalue weighted by Gasteiger charge is 2.15. The summed E-state index contributed by atoms with van der Waals surface area (Å²) in [6, 6.07) is 19.0. The second-order valence-corrected chi connectivity index (χ2v) is 5.81. The second-order valence-electron chi connectivity index (χ2n) is 5.81. The van der Waals surface area contributed by atoms with Crippen LogP contribution in [0, 0.1) is 11.3 Å². The standard InChI is InChI=1S/C21H20N2O4/c1-15(23)18(12-22)19(24)13-27-21(25)14-26-20-10-6-5-9-17(20)11-16-7-3-2-4-8-16/h2-10H,11,13-14,23H2,1H3/b18-15+. The van der Waals surface area contributed by atoms with E-state index >= 15 is 0 Å². The number of hydrogen-bond acceptors (Lipinski definition) is 6. The van der Waals surface area contributed by atoms with Crippen LogP contribution in [-0.2, 0) is 20.7 Å². The molecule has 138 valence electrons. The highest BCUT2D eigenvalue weighted by molar-refractivity contribution is 6.01. The van der Waals surface area contributed by atoms with Gasteiger partial charge in [0.2, 0.25) is 5.78 Å². The van der Waals surface area contributed by atoms with Crippen molar-refractivity contribution in [1.82, 2.24) is 0 Å². The molecule has 0 aliphatic rings. The topological polar surface area (TPSA) is 102 Å². The molecule has 0 aromatic heterocycles. The van der Waals surface area contributed by atoms with E-state index in [4.69, 9.17) is 20.5 Å². The SMILES string of the molecule is C/C(N)=C(/C#N)C(=O)COC(=O)COc1ccccc1Cc1ccccc1. The Hall–Kier alpha value is -3.59. The lowest BCUT2D eigenvalue weighted by molar-refractivity contribution is -0.149. The van der Waals surface area contributed by atoms with Gasteiger partial charge in [0.1, 0.15) is 17.4 Å². The fourth-order valence-corrected chi connectivity index (χ4v) is 2.37. The van der Waals surface area contributed by atoms with Gasteiger partial charge in [-0.2, -0.15) is 5.26 Å². The van der Waals surface area contributed by atoms with Crippen LogP contribution in [-0.4, -0.2) is 25.0 Å². The molecule has 0 radical (unpaired) electrons. The summed E-state index contributed by atoms with van der Waals surface area (Å²) in [7, 11) is 0. The molecule has 0 unspecified atom stereocenters. The highest BCUT2D eigenvalue weighted by atomic mass is 16.6. The molecule has 0 heterocycles. The van der Waals surface area contributed by atoms with Crippen LogP contribution in [0.15, 0.2) is 65.9 Å². The fraction of sp³-hybridized carbons (Fsp3) is 0.190. The van der Waals surface area contributed by atoms with E-state index in [1.807, 2.05) is 48.5 Å². The van der Waals surface area contributed by atoms with Gasteiger partial charge in [-0.05, 0) is 24.1 Å². The summed E-state index contributed by atoms with van der Waals surface area (Å²) in [5, 5.41) is 8.86. The summed E-state index contributed by atoms with van der Waals surface area (Å²) in [5.74, 6) is -0.778. The number of para-hydroxylation sites is 1. The number of nitriles is 1. The number of carbonyl (C=O) groups excluding carboxylic acids is 2. The number of ketones is 1. The third-order valence-electron chi connectivity index (χ3n) is 3.70. The minimum atomic E-state index is -0.704. The zero-order valence-electron chi connectivity index (χ0n) is 15.0. The summed E-state index contributed by atoms with van der Waals surface area (Å²) in [6.45, 7) is 0.544. The molecule has 0 atom stereocenters. The maximum atomic E-state index is 11.8. The van der Waals surface area contributed by atoms with Gasteiger partial charge >= 0.3 is 5.97 Å². The quantitative estimate of drug-likeness (QED) is 0.439. The van der Waals surface area contributed by atoms with Crippen molar-refractivity contribution in [3.8, 4) is 11.8 Å². The number of benzene rings is 2. The molecule has 0 bridgehead atoms. The van der Waals surface area contributed by atoms with Crippen LogP contribution in [0.3, 0.4) is 0 Å². The van der Waals surface area contributed by atoms with Crippen LogP contribution in [0.2, 0.25) is 0 Å². The third kappa shape index (κ3) is 6.01. The van der Waals surface area contributed by atoms with E-state index in [1.165, 1.54) is 6.92 Å². The molecule has 0 saturated carbocycles. The lowest BCUT2D eigenvalue weighted by Crippen LogP contribution is -2.21. The first-order chi connectivity index (χ1) is 13.0. The predicted molar refractivity (Wildman–Crippen MR) is 99.7 cm³/mol. The number of Topliss-reactive ketones (excluding diaryl/α,β-unsaturated/α-hetero) is 1. The van der Waals surface area contributed by atoms with E-state index in [1.54, 1.807) is 12.1 Å². The van der Waals surface area contributed by atoms with Crippen molar-refractivity contribution in [2.24, 2.45) is 5.73 Å². The lowest BCUT2D eigenvalue weighted by Gasteiger charge is -2.11. The van der Waals surface area contributed by atoms with Crippen LogP contribution in [0.4, 0.5) is 0 Å². The van der Waals surface area contributed by atoms with Crippen LogP contribution in [0.1, 0.15) is 18.1 Å². The maximum absolute atomic E-state index is 11.8. The fourth-order valence-electron chi connectivity index (χ4n) is 2.37. The second kappa shape index (κ2) is 9.78. The van der Waals surface area contributed by atoms with Gasteiger partial charge in [-0.3, -0.25) is 4.79 Å². The van der Waals surface area contributed by atoms with E-state index in [0.29, 0.717) is 12.2 Å². The number of hydrogen-bond donors (Lipinski definition) is 1. The average molecular weight is 364 g/mol. The van der Waals surface area contributed by atoms with Crippen LogP contribution in [0.25, 0.3) is 0 Å². The Morgan fingerprint density at radius 1 is 1.04 bits per heavy atom. The largest absolute Gasteiger partial charge is 0.482 e. The van der Waals surface area contributed by atoms with E-state index in [-0.39, 0.29) is 17.9 Å². The first-order valence-corrected chi connectivity index (χ1v) is 8.31. The van der Waals surface area contributed by atoms with E-state index in [9.17, 15) is 9.59 Å². The minimum Gasteiger partial charge on any atom is -0.482 e. The first kappa shape index (κ1) is 19.7. The summed E-state index contributed by atoms with van der Waals surface area (Å²) in [6.07, 6.45) is 0.663. The Morgan fingerprint density at radius 3 is 2.37 bits per heavy atom. The summed E-state index contributed by atoms with van der Waals surface area (Å²) in [5.41, 5.74) is 7.37. The minimum absolute atomic E-state index is 0.0876. The average Bonchev–Trinajstić information content (AvgIpc) is 2.66. The lowest BCUT2D eigenvalue weighted by atomic mass is 10.0. The molecule has 0 amide bonds. The van der Waals surface area contributed by atoms with Crippen molar-refractivity contribution >= 4 is 11.8 Å². The smallest absolute Gasteiger partial charge is 0.344 e. The summed E-state index contributed by atoms with van der Waals surface area (Å²) < 4.78 is 10.4. The van der Waals surface area contributed by atoms with E-state index in [0.717, 1.165) is 11.1 Å². The Balaban J connectivity index is 1.91. The monoisotopic (exact) mass is 364 g/mol. The number of carbonyl (C=O) groups is 2. The Labute approximate surface area is 157 Å². The van der Waals surface area contributed by atoms with Crippen molar-refractivity contribution in [1.29, 1.82) is 5.26 Å². The molecule has 2 N–H and O–H groups in total. The predicted octanol–water partition coefficient (Wildman–Crippen LogP) is 2.52. The van der Waals surface area contributed by atoms with Gasteiger partial charge in [-0.25, -0.2) is 4.79 Å². The molecule has 0 aliphatic heterocycles. The molecule has 2 aromatic carbocycles. The van der Waals surface area contributed by atoms with Crippen molar-refractivity contribution in [3.63, 3.8) is 0 Å². The van der Waals surface area contributed by atoms with Crippen molar-refractivity contribution < 1.29 is 19.1 Å². The molecule has 27 heavy (non-hydrogen) atoms. The Morgan fingerprint density at radius 2 is 1.70 bits per heavy atom. The molecular weight excluding hydrogens is 344 g/mol. The highest BCUT2D eigenvalue weighted by Crippen LogP contribution is 2.21. The normalized spacial score (nSPS) is 11.1. The zero-order chi connectivity index (χ0) is 19.6. The van der Waals surface area contributed by atoms with Crippen LogP contribution in [0.5, 0.6) is 5.75 Å². The maximum Gasteiger partial charge on any atom is 0.344 e. The van der Waals surface area contributed by atoms with E-state index in [2.05, 4.69) is 0 Å². The number of esters is 1. The van der Waals surface area contributed by atoms with Gasteiger partial charge in [-0.15, -0.1) is 0 Å². The molecule has 6 nitrogen and oxygen atoms in total. The molecule has 0 aliphatic carbocycles. The molecule has 0 saturated heterocycles. The third-order valence-corrected chi connectivity index (χ3v) is 3.70. The van der Waals surface area contributed by atoms with Crippen LogP contribution >= 0.6 is 0 Å². The number of ether oxygens (including phenoxy) is 2. The molecule has 0 spiro atoms. The van der Waals surface area contributed by atoms with Gasteiger partial charge in [0.25, 0.3) is 0 Å². The number of nitrogens with zero attached hydrogens (tertiary/aromatic N) is 1. The molecule has 2 aromatic rings. The Kier molecular flexibility index (Phi) is 7.15. The van der Waals surface area contributed by atoms with Gasteiger partial charge in [0.05, 0.1) is 0 Å². The number of allylic oxidation sites excluding steroid dienone is 1. The number of nitrogens with two attached hydrogens (primary N) is 1. The van der Waals surface area contributed by atoms with E-state index < -0.39 is 18.4 Å². The van der Waals surface area contributed by atoms with Crippen molar-refractivity contribution in [2.75, 3.05) is 13.2 Å². The van der Waals surface area contributed by atoms with Crippen molar-refractivity contribution in [2.45, 2.75) is 13.3 Å². The van der Waals surface area contributed by atoms with Gasteiger partial charge in [0.15, 0.2) is 13.2 Å². The first-order valence-electron chi connectivity index (χ1n) is 8.31. The van der Waals surface area contributed by atoms with Gasteiger partial charge < -0.3 is 15.2 Å². The van der Waals surface area contributed by atoms with Gasteiger partial charge in [-0.1, -0.05) is 48.5 Å². The van der Waals surface area contributed by atoms with Crippen LogP contribution < -0.4 is 10.5 Å². The molecule has 6 heteroatoms. The summed E-state index contributed by atoms with van der Waals surface area (Å²) in [4.78, 5) is 23.6. The Bertz CT molecular complexity index is 879. The molecule has 0 fully saturated rings.